The number of esters is 6. The Kier molecular flexibility index (Phi) is 19.0. The van der Waals surface area contributed by atoms with Crippen LogP contribution in [0, 0.1) is 17.8 Å². The van der Waals surface area contributed by atoms with Crippen LogP contribution >= 0.6 is 23.5 Å². The second kappa shape index (κ2) is 25.7. The molecule has 0 unspecified atom stereocenters. The minimum Gasteiger partial charge on any atom is -0.493 e. The summed E-state index contributed by atoms with van der Waals surface area (Å²) in [6.45, 7) is 11.6. The van der Waals surface area contributed by atoms with Crippen LogP contribution < -0.4 is 18.9 Å². The van der Waals surface area contributed by atoms with Crippen LogP contribution in [-0.4, -0.2) is 98.1 Å². The Balaban J connectivity index is 0.926. The van der Waals surface area contributed by atoms with Crippen LogP contribution in [0.25, 0.3) is 0 Å². The van der Waals surface area contributed by atoms with Gasteiger partial charge in [0, 0.05) is 32.0 Å². The number of thioether (sulfide) groups is 2. The Labute approximate surface area is 432 Å². The third kappa shape index (κ3) is 14.4. The normalized spacial score (nSPS) is 19.3. The maximum Gasteiger partial charge on any atom is 0.338 e. The fourth-order valence-electron chi connectivity index (χ4n) is 8.30. The molecule has 2 fully saturated rings. The Morgan fingerprint density at radius 2 is 1.04 bits per heavy atom. The summed E-state index contributed by atoms with van der Waals surface area (Å²) in [5.74, 6) is -2.49. The number of carbonyl (C=O) groups excluding carboxylic acids is 7. The summed E-state index contributed by atoms with van der Waals surface area (Å²) in [7, 11) is 1.60. The molecule has 0 atom stereocenters. The number of rotatable bonds is 21. The molecule has 2 saturated carbocycles. The fourth-order valence-corrected chi connectivity index (χ4v) is 11.0. The Morgan fingerprint density at radius 3 is 1.42 bits per heavy atom. The van der Waals surface area contributed by atoms with Gasteiger partial charge in [-0.1, -0.05) is 50.5 Å². The topological polar surface area (TPSA) is 209 Å². The van der Waals surface area contributed by atoms with E-state index >= 15 is 0 Å². The highest BCUT2D eigenvalue weighted by Crippen LogP contribution is 2.60. The molecule has 386 valence electrons. The lowest BCUT2D eigenvalue weighted by Gasteiger charge is -2.27. The lowest BCUT2D eigenvalue weighted by molar-refractivity contribution is -0.142. The smallest absolute Gasteiger partial charge is 0.338 e. The third-order valence-electron chi connectivity index (χ3n) is 12.3. The lowest BCUT2D eigenvalue weighted by atomic mass is 9.87. The van der Waals surface area contributed by atoms with E-state index in [1.165, 1.54) is 28.5 Å². The molecule has 7 rings (SSSR count). The molecule has 3 aromatic rings. The zero-order valence-electron chi connectivity index (χ0n) is 41.0. The number of likely N-dealkylation sites (N-methyl/N-ethyl adjacent to an activating group) is 1. The average Bonchev–Trinajstić information content (AvgIpc) is 3.98. The molecule has 0 bridgehead atoms. The van der Waals surface area contributed by atoms with E-state index in [1.807, 2.05) is 13.8 Å². The van der Waals surface area contributed by atoms with Crippen LogP contribution in [0.3, 0.4) is 0 Å². The van der Waals surface area contributed by atoms with E-state index in [2.05, 4.69) is 18.3 Å². The molecule has 2 aliphatic carbocycles. The van der Waals surface area contributed by atoms with Crippen LogP contribution in [-0.2, 0) is 42.9 Å². The van der Waals surface area contributed by atoms with Gasteiger partial charge in [0.15, 0.2) is 0 Å². The van der Waals surface area contributed by atoms with Gasteiger partial charge in [-0.15, -0.1) is 0 Å². The van der Waals surface area contributed by atoms with Gasteiger partial charge < -0.3 is 37.9 Å². The monoisotopic (exact) mass is 1040 g/mol. The highest BCUT2D eigenvalue weighted by atomic mass is 32.2. The number of amides is 1. The summed E-state index contributed by atoms with van der Waals surface area (Å²) < 4.78 is 45.6. The molecule has 0 aromatic heterocycles. The zero-order chi connectivity index (χ0) is 52.0. The van der Waals surface area contributed by atoms with E-state index < -0.39 is 47.7 Å². The van der Waals surface area contributed by atoms with Gasteiger partial charge in [-0.25, -0.2) is 24.2 Å². The molecule has 0 saturated heterocycles. The maximum atomic E-state index is 13.8. The average molecular weight is 1040 g/mol. The quantitative estimate of drug-likeness (QED) is 0.0320. The largest absolute Gasteiger partial charge is 0.493 e. The van der Waals surface area contributed by atoms with Gasteiger partial charge in [0.2, 0.25) is 0 Å². The number of benzene rings is 3. The lowest BCUT2D eigenvalue weighted by Crippen LogP contribution is -2.30. The van der Waals surface area contributed by atoms with Gasteiger partial charge >= 0.3 is 35.8 Å². The van der Waals surface area contributed by atoms with Crippen molar-refractivity contribution in [2.45, 2.75) is 100 Å². The third-order valence-corrected chi connectivity index (χ3v) is 14.9. The summed E-state index contributed by atoms with van der Waals surface area (Å²) in [6, 6.07) is 16.3. The SMILES string of the molecule is C=CC(=O)OCCCOc1ccc(C(=O)OC2CCC(C(=O)Oc3ccc(OC(=O)C4CCC(OC(=O)c5ccc(OCCCOC(=O)C=C)cc5)CC4)c4c3SC(=C3C(=O)N(C)N=C3C(C)C)S4)CC2)cc1. The van der Waals surface area contributed by atoms with Crippen molar-refractivity contribution in [2.75, 3.05) is 33.5 Å². The summed E-state index contributed by atoms with van der Waals surface area (Å²) >= 11 is 2.53. The molecule has 1 amide bonds. The van der Waals surface area contributed by atoms with Crippen molar-refractivity contribution in [3.05, 3.63) is 107 Å². The van der Waals surface area contributed by atoms with E-state index in [1.54, 1.807) is 67.7 Å². The molecule has 0 radical (unpaired) electrons. The molecule has 2 heterocycles. The van der Waals surface area contributed by atoms with Gasteiger partial charge in [0.05, 0.1) is 74.7 Å². The molecular formula is C54H58N2O15S2. The molecule has 3 aromatic carbocycles. The summed E-state index contributed by atoms with van der Waals surface area (Å²) in [4.78, 5) is 90.6. The highest BCUT2D eigenvalue weighted by Gasteiger charge is 2.39. The Morgan fingerprint density at radius 1 is 0.630 bits per heavy atom. The van der Waals surface area contributed by atoms with Gasteiger partial charge in [0.25, 0.3) is 5.91 Å². The molecule has 4 aliphatic rings. The first-order chi connectivity index (χ1) is 35.2. The van der Waals surface area contributed by atoms with Crippen molar-refractivity contribution in [1.82, 2.24) is 5.01 Å². The standard InChI is InChI=1S/C54H58N2O15S2/c1-6-43(57)66-30-8-28-64-37-18-10-33(11-19-37)50(60)68-39-22-14-35(15-23-39)52(62)70-41-26-27-42(48-47(41)72-54(73-48)45-46(32(3)4)55-56(5)49(45)59)71-53(63)36-16-24-40(25-17-36)69-51(61)34-12-20-38(21-13-34)65-29-9-31-67-44(58)7-2/h6-7,10-13,18-21,26-27,32,35-36,39-40H,1-2,8-9,14-17,22-25,28-31H2,3-5H3. The number of nitrogens with zero attached hydrogens (tertiary/aromatic N) is 2. The van der Waals surface area contributed by atoms with Crippen molar-refractivity contribution in [3.8, 4) is 23.0 Å². The first-order valence-corrected chi connectivity index (χ1v) is 25.9. The van der Waals surface area contributed by atoms with Crippen molar-refractivity contribution in [1.29, 1.82) is 0 Å². The predicted molar refractivity (Wildman–Crippen MR) is 269 cm³/mol. The van der Waals surface area contributed by atoms with Crippen LogP contribution in [0.1, 0.15) is 98.8 Å². The van der Waals surface area contributed by atoms with Crippen LogP contribution in [0.5, 0.6) is 23.0 Å². The Bertz CT molecular complexity index is 2480. The number of fused-ring (bicyclic) bond motifs is 1. The first kappa shape index (κ1) is 53.9. The number of hydrogen-bond acceptors (Lipinski definition) is 18. The minimum atomic E-state index is -0.496. The van der Waals surface area contributed by atoms with Crippen molar-refractivity contribution in [3.63, 3.8) is 0 Å². The maximum absolute atomic E-state index is 13.8. The molecule has 0 N–H and O–H groups in total. The highest BCUT2D eigenvalue weighted by molar-refractivity contribution is 8.25. The molecule has 73 heavy (non-hydrogen) atoms. The second-order valence-electron chi connectivity index (χ2n) is 17.9. The van der Waals surface area contributed by atoms with Gasteiger partial charge in [0.1, 0.15) is 35.2 Å². The van der Waals surface area contributed by atoms with E-state index in [0.29, 0.717) is 125 Å². The fraction of sp³-hybridized carbons (Fsp3) is 0.407. The number of hydrazone groups is 1. The first-order valence-electron chi connectivity index (χ1n) is 24.2. The van der Waals surface area contributed by atoms with E-state index in [-0.39, 0.29) is 48.7 Å². The van der Waals surface area contributed by atoms with E-state index in [9.17, 15) is 33.6 Å². The number of hydrogen-bond donors (Lipinski definition) is 0. The van der Waals surface area contributed by atoms with Crippen LogP contribution in [0.2, 0.25) is 0 Å². The molecule has 17 nitrogen and oxygen atoms in total. The van der Waals surface area contributed by atoms with E-state index in [0.717, 1.165) is 12.2 Å². The molecular weight excluding hydrogens is 981 g/mol. The summed E-state index contributed by atoms with van der Waals surface area (Å²) in [5.41, 5.74) is 1.78. The second-order valence-corrected chi connectivity index (χ2v) is 20.2. The molecule has 19 heteroatoms. The number of carbonyl (C=O) groups is 7. The Hall–Kier alpha value is -6.86. The van der Waals surface area contributed by atoms with Crippen molar-refractivity contribution in [2.24, 2.45) is 22.9 Å². The molecule has 0 spiro atoms. The van der Waals surface area contributed by atoms with Crippen molar-refractivity contribution >= 4 is 71.0 Å². The van der Waals surface area contributed by atoms with Gasteiger partial charge in [-0.3, -0.25) is 14.4 Å². The van der Waals surface area contributed by atoms with Gasteiger partial charge in [-0.05, 0) is 118 Å². The summed E-state index contributed by atoms with van der Waals surface area (Å²) in [6.07, 6.45) is 5.95. The van der Waals surface area contributed by atoms with E-state index in [4.69, 9.17) is 37.9 Å². The van der Waals surface area contributed by atoms with Crippen molar-refractivity contribution < 1.29 is 71.5 Å². The summed E-state index contributed by atoms with van der Waals surface area (Å²) in [5, 5.41) is 5.80. The zero-order valence-corrected chi connectivity index (χ0v) is 42.6. The molecule has 2 aliphatic heterocycles. The number of ether oxygens (including phenoxy) is 8. The predicted octanol–water partition coefficient (Wildman–Crippen LogP) is 9.22. The van der Waals surface area contributed by atoms with Gasteiger partial charge in [-0.2, -0.15) is 5.10 Å². The van der Waals surface area contributed by atoms with Crippen LogP contribution in [0.15, 0.2) is 111 Å². The van der Waals surface area contributed by atoms with Crippen LogP contribution in [0.4, 0.5) is 0 Å². The minimum absolute atomic E-state index is 0.0707.